The minimum atomic E-state index is -0.365. The van der Waals surface area contributed by atoms with Crippen LogP contribution in [0, 0.1) is 6.92 Å². The monoisotopic (exact) mass is 335 g/mol. The summed E-state index contributed by atoms with van der Waals surface area (Å²) >= 11 is 0. The van der Waals surface area contributed by atoms with E-state index in [1.165, 1.54) is 6.42 Å². The van der Waals surface area contributed by atoms with E-state index < -0.39 is 0 Å². The van der Waals surface area contributed by atoms with Crippen LogP contribution in [0.25, 0.3) is 22.2 Å². The van der Waals surface area contributed by atoms with Crippen LogP contribution < -0.4 is 11.2 Å². The molecule has 0 radical (unpaired) electrons. The van der Waals surface area contributed by atoms with Crippen molar-refractivity contribution in [1.82, 2.24) is 14.5 Å². The van der Waals surface area contributed by atoms with Gasteiger partial charge in [0.25, 0.3) is 5.56 Å². The zero-order valence-electron chi connectivity index (χ0n) is 14.3. The fourth-order valence-corrected chi connectivity index (χ4v) is 3.82. The zero-order valence-corrected chi connectivity index (χ0v) is 14.3. The van der Waals surface area contributed by atoms with Crippen LogP contribution in [-0.2, 0) is 0 Å². The molecule has 1 N–H and O–H groups in total. The number of nitrogens with one attached hydrogen (secondary N) is 1. The van der Waals surface area contributed by atoms with E-state index in [9.17, 15) is 9.59 Å². The van der Waals surface area contributed by atoms with Gasteiger partial charge in [-0.3, -0.25) is 14.3 Å². The second kappa shape index (κ2) is 6.31. The average Bonchev–Trinajstić information content (AvgIpc) is 2.63. The molecule has 0 unspecified atom stereocenters. The Morgan fingerprint density at radius 3 is 2.48 bits per heavy atom. The van der Waals surface area contributed by atoms with E-state index in [0.717, 1.165) is 42.4 Å². The van der Waals surface area contributed by atoms with E-state index in [-0.39, 0.29) is 17.3 Å². The summed E-state index contributed by atoms with van der Waals surface area (Å²) in [5, 5.41) is 0.497. The molecule has 0 spiro atoms. The molecule has 25 heavy (non-hydrogen) atoms. The molecule has 3 aromatic rings. The fraction of sp³-hybridized carbons (Fsp3) is 0.350. The summed E-state index contributed by atoms with van der Waals surface area (Å²) in [7, 11) is 0. The maximum atomic E-state index is 12.6. The van der Waals surface area contributed by atoms with Crippen molar-refractivity contribution in [2.75, 3.05) is 0 Å². The van der Waals surface area contributed by atoms with Gasteiger partial charge in [0, 0.05) is 12.2 Å². The largest absolute Gasteiger partial charge is 0.330 e. The summed E-state index contributed by atoms with van der Waals surface area (Å²) < 4.78 is 1.70. The first kappa shape index (κ1) is 15.8. The average molecular weight is 335 g/mol. The molecule has 0 atom stereocenters. The summed E-state index contributed by atoms with van der Waals surface area (Å²) in [6.07, 6.45) is 7.02. The third-order valence-corrected chi connectivity index (χ3v) is 5.13. The zero-order chi connectivity index (χ0) is 17.4. The number of aryl methyl sites for hydroxylation is 1. The van der Waals surface area contributed by atoms with E-state index in [0.29, 0.717) is 11.0 Å². The van der Waals surface area contributed by atoms with Gasteiger partial charge in [-0.15, -0.1) is 0 Å². The van der Waals surface area contributed by atoms with Crippen LogP contribution in [0.3, 0.4) is 0 Å². The number of pyridine rings is 1. The van der Waals surface area contributed by atoms with Crippen LogP contribution in [0.5, 0.6) is 0 Å². The molecule has 1 aliphatic rings. The van der Waals surface area contributed by atoms with Gasteiger partial charge in [0.15, 0.2) is 0 Å². The van der Waals surface area contributed by atoms with Crippen molar-refractivity contribution in [3.63, 3.8) is 0 Å². The van der Waals surface area contributed by atoms with Crippen molar-refractivity contribution >= 4 is 11.0 Å². The van der Waals surface area contributed by atoms with E-state index in [1.54, 1.807) is 10.8 Å². The van der Waals surface area contributed by atoms with E-state index in [1.807, 2.05) is 37.3 Å². The number of benzene rings is 1. The molecule has 0 bridgehead atoms. The van der Waals surface area contributed by atoms with Crippen LogP contribution in [0.15, 0.2) is 46.1 Å². The molecule has 128 valence electrons. The Kier molecular flexibility index (Phi) is 3.99. The van der Waals surface area contributed by atoms with E-state index >= 15 is 0 Å². The summed E-state index contributed by atoms with van der Waals surface area (Å²) in [6, 6.07) is 10.00. The topological polar surface area (TPSA) is 67.8 Å². The molecule has 5 nitrogen and oxygen atoms in total. The molecule has 1 aliphatic carbocycles. The third-order valence-electron chi connectivity index (χ3n) is 5.13. The maximum Gasteiger partial charge on any atom is 0.330 e. The van der Waals surface area contributed by atoms with Crippen LogP contribution in [0.1, 0.15) is 43.7 Å². The smallest absolute Gasteiger partial charge is 0.274 e. The second-order valence-corrected chi connectivity index (χ2v) is 6.84. The molecule has 2 heterocycles. The van der Waals surface area contributed by atoms with Gasteiger partial charge in [-0.1, -0.05) is 49.1 Å². The molecule has 4 rings (SSSR count). The second-order valence-electron chi connectivity index (χ2n) is 6.84. The first-order valence-electron chi connectivity index (χ1n) is 8.86. The Hall–Kier alpha value is -2.69. The minimum absolute atomic E-state index is 0.112. The van der Waals surface area contributed by atoms with Gasteiger partial charge >= 0.3 is 5.69 Å². The van der Waals surface area contributed by atoms with Crippen LogP contribution in [0.4, 0.5) is 0 Å². The Morgan fingerprint density at radius 1 is 1.04 bits per heavy atom. The van der Waals surface area contributed by atoms with Gasteiger partial charge in [-0.05, 0) is 37.0 Å². The maximum absolute atomic E-state index is 12.6. The van der Waals surface area contributed by atoms with Gasteiger partial charge in [0.1, 0.15) is 5.65 Å². The predicted octanol–water partition coefficient (Wildman–Crippen LogP) is 3.57. The van der Waals surface area contributed by atoms with Gasteiger partial charge < -0.3 is 0 Å². The fourth-order valence-electron chi connectivity index (χ4n) is 3.82. The molecule has 0 saturated heterocycles. The lowest BCUT2D eigenvalue weighted by molar-refractivity contribution is 0.349. The van der Waals surface area contributed by atoms with Gasteiger partial charge in [-0.25, -0.2) is 9.78 Å². The molecule has 1 aromatic carbocycles. The van der Waals surface area contributed by atoms with E-state index in [4.69, 9.17) is 0 Å². The highest BCUT2D eigenvalue weighted by Gasteiger charge is 2.21. The lowest BCUT2D eigenvalue weighted by Crippen LogP contribution is -2.34. The lowest BCUT2D eigenvalue weighted by Gasteiger charge is -2.24. The number of aromatic nitrogens is 3. The molecule has 0 aliphatic heterocycles. The van der Waals surface area contributed by atoms with Crippen molar-refractivity contribution in [2.24, 2.45) is 0 Å². The van der Waals surface area contributed by atoms with Crippen molar-refractivity contribution in [3.05, 3.63) is 62.9 Å². The number of H-pyrrole nitrogens is 1. The normalized spacial score (nSPS) is 15.6. The molecular formula is C20H21N3O2. The Bertz CT molecular complexity index is 1030. The molecule has 2 aromatic heterocycles. The van der Waals surface area contributed by atoms with Crippen molar-refractivity contribution in [3.8, 4) is 11.1 Å². The number of rotatable bonds is 2. The summed E-state index contributed by atoms with van der Waals surface area (Å²) in [5.74, 6) is 0. The molecule has 1 fully saturated rings. The van der Waals surface area contributed by atoms with Crippen molar-refractivity contribution < 1.29 is 0 Å². The van der Waals surface area contributed by atoms with Crippen LogP contribution in [-0.4, -0.2) is 14.5 Å². The van der Waals surface area contributed by atoms with Gasteiger partial charge in [-0.2, -0.15) is 0 Å². The highest BCUT2D eigenvalue weighted by molar-refractivity contribution is 5.91. The van der Waals surface area contributed by atoms with Gasteiger partial charge in [0.05, 0.1) is 5.39 Å². The molecule has 0 amide bonds. The Morgan fingerprint density at radius 2 is 1.76 bits per heavy atom. The van der Waals surface area contributed by atoms with Crippen molar-refractivity contribution in [2.45, 2.75) is 45.1 Å². The first-order chi connectivity index (χ1) is 12.1. The highest BCUT2D eigenvalue weighted by Crippen LogP contribution is 2.30. The highest BCUT2D eigenvalue weighted by atomic mass is 16.2. The SMILES string of the molecule is Cc1ccc(-c2ccnc3c2c(=O)[nH]c(=O)n3C2CCCCC2)cc1. The number of nitrogens with zero attached hydrogens (tertiary/aromatic N) is 2. The molecule has 5 heteroatoms. The number of hydrogen-bond donors (Lipinski definition) is 1. The minimum Gasteiger partial charge on any atom is -0.274 e. The molecule has 1 saturated carbocycles. The third kappa shape index (κ3) is 2.80. The van der Waals surface area contributed by atoms with E-state index in [2.05, 4.69) is 9.97 Å². The van der Waals surface area contributed by atoms with Crippen LogP contribution in [0.2, 0.25) is 0 Å². The quantitative estimate of drug-likeness (QED) is 0.778. The van der Waals surface area contributed by atoms with Crippen LogP contribution >= 0.6 is 0 Å². The standard InChI is InChI=1S/C20H21N3O2/c1-13-7-9-14(10-8-13)16-11-12-21-18-17(16)19(24)22-20(25)23(18)15-5-3-2-4-6-15/h7-12,15H,2-6H2,1H3,(H,22,24,25). The summed E-state index contributed by atoms with van der Waals surface area (Å²) in [4.78, 5) is 32.0. The summed E-state index contributed by atoms with van der Waals surface area (Å²) in [5.41, 5.74) is 2.72. The number of hydrogen-bond acceptors (Lipinski definition) is 3. The summed E-state index contributed by atoms with van der Waals surface area (Å²) in [6.45, 7) is 2.03. The Labute approximate surface area is 145 Å². The Balaban J connectivity index is 2.00. The molecular weight excluding hydrogens is 314 g/mol. The van der Waals surface area contributed by atoms with Crippen molar-refractivity contribution in [1.29, 1.82) is 0 Å². The lowest BCUT2D eigenvalue weighted by atomic mass is 9.95. The van der Waals surface area contributed by atoms with Gasteiger partial charge in [0.2, 0.25) is 0 Å². The number of fused-ring (bicyclic) bond motifs is 1. The first-order valence-corrected chi connectivity index (χ1v) is 8.86. The predicted molar refractivity (Wildman–Crippen MR) is 98.9 cm³/mol. The number of aromatic amines is 1.